The van der Waals surface area contributed by atoms with Crippen LogP contribution in [-0.4, -0.2) is 29.2 Å². The molecule has 2 N–H and O–H groups in total. The standard InChI is InChI=1S/C13H18F3NO3/c1-2-5-10(12(19)20)17-11(18)8-6-3-4-7-9(8)13(14,15)16/h2,8-10H,1,3-7H2,(H,17,18)(H,19,20). The molecule has 0 spiro atoms. The molecular weight excluding hydrogens is 275 g/mol. The summed E-state index contributed by atoms with van der Waals surface area (Å²) in [6.45, 7) is 3.36. The summed E-state index contributed by atoms with van der Waals surface area (Å²) in [6.07, 6.45) is -2.12. The van der Waals surface area contributed by atoms with E-state index in [0.717, 1.165) is 0 Å². The van der Waals surface area contributed by atoms with E-state index >= 15 is 0 Å². The normalized spacial score (nSPS) is 24.8. The second-order valence-corrected chi connectivity index (χ2v) is 4.96. The van der Waals surface area contributed by atoms with E-state index in [4.69, 9.17) is 5.11 Å². The van der Waals surface area contributed by atoms with Crippen LogP contribution in [0.5, 0.6) is 0 Å². The molecule has 3 atom stereocenters. The summed E-state index contributed by atoms with van der Waals surface area (Å²) in [5.41, 5.74) is 0. The van der Waals surface area contributed by atoms with Crippen LogP contribution in [0, 0.1) is 11.8 Å². The first-order chi connectivity index (χ1) is 9.27. The van der Waals surface area contributed by atoms with Crippen LogP contribution in [0.25, 0.3) is 0 Å². The monoisotopic (exact) mass is 293 g/mol. The molecule has 0 aliphatic heterocycles. The number of hydrogen-bond acceptors (Lipinski definition) is 2. The van der Waals surface area contributed by atoms with E-state index in [0.29, 0.717) is 12.8 Å². The number of hydrogen-bond donors (Lipinski definition) is 2. The lowest BCUT2D eigenvalue weighted by Gasteiger charge is -2.32. The van der Waals surface area contributed by atoms with E-state index in [2.05, 4.69) is 11.9 Å². The first kappa shape index (κ1) is 16.5. The highest BCUT2D eigenvalue weighted by Crippen LogP contribution is 2.41. The van der Waals surface area contributed by atoms with Crippen molar-refractivity contribution in [3.63, 3.8) is 0 Å². The number of halogens is 3. The number of nitrogens with one attached hydrogen (secondary N) is 1. The third kappa shape index (κ3) is 4.25. The van der Waals surface area contributed by atoms with E-state index in [9.17, 15) is 22.8 Å². The molecule has 3 unspecified atom stereocenters. The van der Waals surface area contributed by atoms with Crippen molar-refractivity contribution in [1.29, 1.82) is 0 Å². The fourth-order valence-electron chi connectivity index (χ4n) is 2.50. The number of carboxylic acids is 1. The van der Waals surface area contributed by atoms with Crippen molar-refractivity contribution >= 4 is 11.9 Å². The van der Waals surface area contributed by atoms with E-state index < -0.39 is 35.9 Å². The fraction of sp³-hybridized carbons (Fsp3) is 0.692. The van der Waals surface area contributed by atoms with E-state index in [1.54, 1.807) is 0 Å². The smallest absolute Gasteiger partial charge is 0.392 e. The molecule has 114 valence electrons. The summed E-state index contributed by atoms with van der Waals surface area (Å²) < 4.78 is 38.6. The van der Waals surface area contributed by atoms with Crippen LogP contribution in [0.3, 0.4) is 0 Å². The third-order valence-electron chi connectivity index (χ3n) is 3.54. The van der Waals surface area contributed by atoms with Crippen LogP contribution < -0.4 is 5.32 Å². The lowest BCUT2D eigenvalue weighted by molar-refractivity contribution is -0.198. The average Bonchev–Trinajstić information content (AvgIpc) is 2.37. The molecule has 0 aromatic carbocycles. The maximum absolute atomic E-state index is 12.9. The summed E-state index contributed by atoms with van der Waals surface area (Å²) >= 11 is 0. The Bertz CT molecular complexity index is 382. The summed E-state index contributed by atoms with van der Waals surface area (Å²) in [7, 11) is 0. The van der Waals surface area contributed by atoms with Gasteiger partial charge >= 0.3 is 12.1 Å². The maximum atomic E-state index is 12.9. The van der Waals surface area contributed by atoms with Gasteiger partial charge in [-0.05, 0) is 19.3 Å². The molecule has 1 amide bonds. The first-order valence-corrected chi connectivity index (χ1v) is 6.48. The quantitative estimate of drug-likeness (QED) is 0.765. The van der Waals surface area contributed by atoms with E-state index in [1.165, 1.54) is 6.08 Å². The van der Waals surface area contributed by atoms with Crippen LogP contribution in [0.1, 0.15) is 32.1 Å². The summed E-state index contributed by atoms with van der Waals surface area (Å²) in [5.74, 6) is -5.00. The zero-order valence-electron chi connectivity index (χ0n) is 10.9. The molecule has 1 fully saturated rings. The highest BCUT2D eigenvalue weighted by atomic mass is 19.4. The van der Waals surface area contributed by atoms with Crippen LogP contribution in [0.4, 0.5) is 13.2 Å². The number of amides is 1. The first-order valence-electron chi connectivity index (χ1n) is 6.48. The van der Waals surface area contributed by atoms with Gasteiger partial charge in [-0.1, -0.05) is 18.9 Å². The van der Waals surface area contributed by atoms with Gasteiger partial charge in [-0.15, -0.1) is 6.58 Å². The number of rotatable bonds is 5. The Morgan fingerprint density at radius 2 is 1.95 bits per heavy atom. The van der Waals surface area contributed by atoms with Gasteiger partial charge in [0.2, 0.25) is 5.91 Å². The van der Waals surface area contributed by atoms with Crippen molar-refractivity contribution < 1.29 is 27.9 Å². The molecule has 1 aliphatic rings. The Balaban J connectivity index is 2.77. The summed E-state index contributed by atoms with van der Waals surface area (Å²) in [4.78, 5) is 22.8. The van der Waals surface area contributed by atoms with Gasteiger partial charge < -0.3 is 10.4 Å². The lowest BCUT2D eigenvalue weighted by atomic mass is 9.78. The van der Waals surface area contributed by atoms with E-state index in [-0.39, 0.29) is 19.3 Å². The summed E-state index contributed by atoms with van der Waals surface area (Å²) in [5, 5.41) is 11.1. The van der Waals surface area contributed by atoms with Gasteiger partial charge in [-0.2, -0.15) is 13.2 Å². The predicted octanol–water partition coefficient (Wildman–Crippen LogP) is 2.50. The second-order valence-electron chi connectivity index (χ2n) is 4.96. The number of carbonyl (C=O) groups excluding carboxylic acids is 1. The Labute approximate surface area is 115 Å². The van der Waals surface area contributed by atoms with Gasteiger partial charge in [0, 0.05) is 5.92 Å². The Hall–Kier alpha value is -1.53. The molecule has 7 heteroatoms. The Kier molecular flexibility index (Phi) is 5.59. The molecule has 1 rings (SSSR count). The van der Waals surface area contributed by atoms with Crippen molar-refractivity contribution in [2.45, 2.75) is 44.3 Å². The predicted molar refractivity (Wildman–Crippen MR) is 65.9 cm³/mol. The van der Waals surface area contributed by atoms with Crippen molar-refractivity contribution in [1.82, 2.24) is 5.32 Å². The van der Waals surface area contributed by atoms with Crippen molar-refractivity contribution in [3.05, 3.63) is 12.7 Å². The van der Waals surface area contributed by atoms with Gasteiger partial charge in [-0.25, -0.2) is 4.79 Å². The minimum absolute atomic E-state index is 0.0233. The molecule has 4 nitrogen and oxygen atoms in total. The van der Waals surface area contributed by atoms with Gasteiger partial charge in [-0.3, -0.25) is 4.79 Å². The van der Waals surface area contributed by atoms with Gasteiger partial charge in [0.05, 0.1) is 5.92 Å². The molecule has 1 aliphatic carbocycles. The van der Waals surface area contributed by atoms with E-state index in [1.807, 2.05) is 0 Å². The lowest BCUT2D eigenvalue weighted by Crippen LogP contribution is -2.48. The molecule has 0 aromatic heterocycles. The van der Waals surface area contributed by atoms with Crippen LogP contribution >= 0.6 is 0 Å². The largest absolute Gasteiger partial charge is 0.480 e. The molecule has 1 saturated carbocycles. The molecule has 20 heavy (non-hydrogen) atoms. The molecule has 0 saturated heterocycles. The highest BCUT2D eigenvalue weighted by Gasteiger charge is 2.48. The van der Waals surface area contributed by atoms with Crippen molar-refractivity contribution in [3.8, 4) is 0 Å². The van der Waals surface area contributed by atoms with Gasteiger partial charge in [0.15, 0.2) is 0 Å². The maximum Gasteiger partial charge on any atom is 0.392 e. The molecular formula is C13H18F3NO3. The van der Waals surface area contributed by atoms with Crippen molar-refractivity contribution in [2.24, 2.45) is 11.8 Å². The number of alkyl halides is 3. The molecule has 0 radical (unpaired) electrons. The van der Waals surface area contributed by atoms with Crippen LogP contribution in [-0.2, 0) is 9.59 Å². The Morgan fingerprint density at radius 1 is 1.35 bits per heavy atom. The number of aliphatic carboxylic acids is 1. The van der Waals surface area contributed by atoms with Gasteiger partial charge in [0.25, 0.3) is 0 Å². The SMILES string of the molecule is C=CCC(NC(=O)C1CCCCC1C(F)(F)F)C(=O)O. The molecule has 0 bridgehead atoms. The topological polar surface area (TPSA) is 66.4 Å². The third-order valence-corrected chi connectivity index (χ3v) is 3.54. The average molecular weight is 293 g/mol. The zero-order chi connectivity index (χ0) is 15.3. The van der Waals surface area contributed by atoms with Crippen LogP contribution in [0.15, 0.2) is 12.7 Å². The summed E-state index contributed by atoms with van der Waals surface area (Å²) in [6, 6.07) is -1.23. The molecule has 0 heterocycles. The molecule has 0 aromatic rings. The van der Waals surface area contributed by atoms with Gasteiger partial charge in [0.1, 0.15) is 6.04 Å². The highest BCUT2D eigenvalue weighted by molar-refractivity contribution is 5.85. The minimum Gasteiger partial charge on any atom is -0.480 e. The Morgan fingerprint density at radius 3 is 2.45 bits per heavy atom. The van der Waals surface area contributed by atoms with Crippen LogP contribution in [0.2, 0.25) is 0 Å². The number of carbonyl (C=O) groups is 2. The van der Waals surface area contributed by atoms with Crippen molar-refractivity contribution in [2.75, 3.05) is 0 Å². The zero-order valence-corrected chi connectivity index (χ0v) is 10.9. The second kappa shape index (κ2) is 6.76. The fourth-order valence-corrected chi connectivity index (χ4v) is 2.50. The number of carboxylic acid groups (broad SMARTS) is 1. The minimum atomic E-state index is -4.43.